The van der Waals surface area contributed by atoms with Gasteiger partial charge >= 0.3 is 0 Å². The average Bonchev–Trinajstić information content (AvgIpc) is 1.84. The van der Waals surface area contributed by atoms with Crippen LogP contribution in [-0.4, -0.2) is 24.2 Å². The predicted octanol–water partition coefficient (Wildman–Crippen LogP) is -1.38. The van der Waals surface area contributed by atoms with E-state index < -0.39 is 12.0 Å². The fraction of sp³-hybridized carbons (Fsp3) is 0.500. The number of nitriles is 1. The van der Waals surface area contributed by atoms with E-state index >= 15 is 0 Å². The number of nitrogens with zero attached hydrogens (tertiary/aromatic N) is 1. The van der Waals surface area contributed by atoms with Gasteiger partial charge in [0.2, 0.25) is 6.10 Å². The molecule has 0 aliphatic heterocycles. The maximum atomic E-state index is 10.2. The van der Waals surface area contributed by atoms with Crippen LogP contribution >= 0.6 is 0 Å². The number of hydrogen-bond donors (Lipinski definition) is 2. The number of aliphatic hydroxyl groups is 1. The third kappa shape index (κ3) is 1.58. The van der Waals surface area contributed by atoms with Crippen LogP contribution < -0.4 is 5.32 Å². The monoisotopic (exact) mass is 114 g/mol. The highest BCUT2D eigenvalue weighted by Crippen LogP contribution is 1.74. The topological polar surface area (TPSA) is 73.1 Å². The number of nitrogens with one attached hydrogen (secondary N) is 1. The van der Waals surface area contributed by atoms with Crippen molar-refractivity contribution in [2.75, 3.05) is 7.05 Å². The third-order valence-electron chi connectivity index (χ3n) is 0.617. The fourth-order valence-corrected chi connectivity index (χ4v) is 0.195. The van der Waals surface area contributed by atoms with E-state index in [1.165, 1.54) is 13.1 Å². The molecule has 1 amide bonds. The van der Waals surface area contributed by atoms with Gasteiger partial charge in [0.25, 0.3) is 5.91 Å². The van der Waals surface area contributed by atoms with Gasteiger partial charge in [-0.25, -0.2) is 0 Å². The van der Waals surface area contributed by atoms with Crippen molar-refractivity contribution < 1.29 is 9.90 Å². The lowest BCUT2D eigenvalue weighted by molar-refractivity contribution is -0.126. The van der Waals surface area contributed by atoms with Gasteiger partial charge in [-0.1, -0.05) is 0 Å². The van der Waals surface area contributed by atoms with Crippen LogP contribution in [0.2, 0.25) is 0 Å². The highest BCUT2D eigenvalue weighted by molar-refractivity contribution is 5.82. The Bertz CT molecular complexity index is 126. The first-order valence-corrected chi connectivity index (χ1v) is 2.01. The average molecular weight is 114 g/mol. The Hall–Kier alpha value is -1.08. The summed E-state index contributed by atoms with van der Waals surface area (Å²) in [6.07, 6.45) is -1.53. The van der Waals surface area contributed by atoms with Crippen LogP contribution in [0.1, 0.15) is 0 Å². The van der Waals surface area contributed by atoms with Crippen molar-refractivity contribution in [1.29, 1.82) is 5.26 Å². The second-order valence-electron chi connectivity index (χ2n) is 1.15. The van der Waals surface area contributed by atoms with Crippen molar-refractivity contribution >= 4 is 5.91 Å². The van der Waals surface area contributed by atoms with Crippen LogP contribution in [0.4, 0.5) is 0 Å². The van der Waals surface area contributed by atoms with E-state index in [0.29, 0.717) is 0 Å². The summed E-state index contributed by atoms with van der Waals surface area (Å²) >= 11 is 0. The smallest absolute Gasteiger partial charge is 0.263 e. The molecule has 0 fully saturated rings. The molecule has 8 heavy (non-hydrogen) atoms. The van der Waals surface area contributed by atoms with E-state index in [1.54, 1.807) is 0 Å². The molecule has 1 atom stereocenters. The van der Waals surface area contributed by atoms with Crippen molar-refractivity contribution in [1.82, 2.24) is 5.32 Å². The van der Waals surface area contributed by atoms with Crippen molar-refractivity contribution in [3.8, 4) is 6.07 Å². The van der Waals surface area contributed by atoms with Gasteiger partial charge in [-0.05, 0) is 0 Å². The molecule has 0 radical (unpaired) electrons. The van der Waals surface area contributed by atoms with Gasteiger partial charge in [0.15, 0.2) is 0 Å². The first-order chi connectivity index (χ1) is 3.72. The van der Waals surface area contributed by atoms with Crippen LogP contribution in [-0.2, 0) is 4.79 Å². The number of carbonyl (C=O) groups excluding carboxylic acids is 1. The quantitative estimate of drug-likeness (QED) is 0.412. The van der Waals surface area contributed by atoms with Crippen molar-refractivity contribution in [2.24, 2.45) is 0 Å². The molecule has 4 heteroatoms. The highest BCUT2D eigenvalue weighted by Gasteiger charge is 2.09. The molecule has 0 aromatic heterocycles. The standard InChI is InChI=1S/C4H6N2O2/c1-6-4(8)3(7)2-5/h3,7H,1H3,(H,6,8). The van der Waals surface area contributed by atoms with Gasteiger partial charge < -0.3 is 10.4 Å². The van der Waals surface area contributed by atoms with E-state index in [4.69, 9.17) is 10.4 Å². The Balaban J connectivity index is 3.68. The Morgan fingerprint density at radius 3 is 2.62 bits per heavy atom. The summed E-state index contributed by atoms with van der Waals surface area (Å²) in [4.78, 5) is 10.2. The predicted molar refractivity (Wildman–Crippen MR) is 25.7 cm³/mol. The van der Waals surface area contributed by atoms with Crippen molar-refractivity contribution in [3.05, 3.63) is 0 Å². The van der Waals surface area contributed by atoms with Crippen molar-refractivity contribution in [3.63, 3.8) is 0 Å². The largest absolute Gasteiger partial charge is 0.370 e. The van der Waals surface area contributed by atoms with E-state index in [-0.39, 0.29) is 0 Å². The highest BCUT2D eigenvalue weighted by atomic mass is 16.3. The molecule has 0 heterocycles. The molecule has 0 aromatic rings. The second kappa shape index (κ2) is 2.99. The van der Waals surface area contributed by atoms with Gasteiger partial charge in [0.1, 0.15) is 6.07 Å². The number of rotatable bonds is 1. The van der Waals surface area contributed by atoms with Crippen molar-refractivity contribution in [2.45, 2.75) is 6.10 Å². The Kier molecular flexibility index (Phi) is 2.59. The maximum absolute atomic E-state index is 10.2. The third-order valence-corrected chi connectivity index (χ3v) is 0.617. The molecule has 0 aliphatic rings. The molecule has 0 saturated heterocycles. The fourth-order valence-electron chi connectivity index (χ4n) is 0.195. The number of likely N-dealkylation sites (N-methyl/N-ethyl adjacent to an activating group) is 1. The van der Waals surface area contributed by atoms with Gasteiger partial charge in [-0.15, -0.1) is 0 Å². The van der Waals surface area contributed by atoms with E-state index in [9.17, 15) is 4.79 Å². The summed E-state index contributed by atoms with van der Waals surface area (Å²) < 4.78 is 0. The molecule has 0 bridgehead atoms. The zero-order chi connectivity index (χ0) is 6.57. The zero-order valence-electron chi connectivity index (χ0n) is 4.38. The summed E-state index contributed by atoms with van der Waals surface area (Å²) in [5, 5.41) is 18.3. The Morgan fingerprint density at radius 2 is 2.50 bits per heavy atom. The normalized spacial score (nSPS) is 11.6. The lowest BCUT2D eigenvalue weighted by Crippen LogP contribution is -2.30. The number of carbonyl (C=O) groups is 1. The molecule has 0 rings (SSSR count). The lowest BCUT2D eigenvalue weighted by atomic mass is 10.4. The van der Waals surface area contributed by atoms with E-state index in [1.807, 2.05) is 0 Å². The minimum Gasteiger partial charge on any atom is -0.370 e. The molecule has 1 unspecified atom stereocenters. The molecular formula is C4H6N2O2. The molecule has 0 aliphatic carbocycles. The van der Waals surface area contributed by atoms with E-state index in [0.717, 1.165) is 0 Å². The lowest BCUT2D eigenvalue weighted by Gasteiger charge is -1.95. The molecule has 44 valence electrons. The first kappa shape index (κ1) is 6.92. The molecule has 0 spiro atoms. The zero-order valence-corrected chi connectivity index (χ0v) is 4.38. The minimum atomic E-state index is -1.53. The van der Waals surface area contributed by atoms with Crippen LogP contribution in [0.5, 0.6) is 0 Å². The van der Waals surface area contributed by atoms with Crippen LogP contribution in [0.3, 0.4) is 0 Å². The maximum Gasteiger partial charge on any atom is 0.263 e. The van der Waals surface area contributed by atoms with Crippen LogP contribution in [0, 0.1) is 11.3 Å². The molecule has 0 saturated carbocycles. The number of hydrogen-bond acceptors (Lipinski definition) is 3. The van der Waals surface area contributed by atoms with Gasteiger partial charge in [0, 0.05) is 7.05 Å². The van der Waals surface area contributed by atoms with Gasteiger partial charge in [-0.2, -0.15) is 5.26 Å². The summed E-state index contributed by atoms with van der Waals surface area (Å²) in [5.41, 5.74) is 0. The summed E-state index contributed by atoms with van der Waals surface area (Å²) in [6, 6.07) is 1.36. The molecular weight excluding hydrogens is 108 g/mol. The summed E-state index contributed by atoms with van der Waals surface area (Å²) in [6.45, 7) is 0. The van der Waals surface area contributed by atoms with Gasteiger partial charge in [-0.3, -0.25) is 4.79 Å². The van der Waals surface area contributed by atoms with Gasteiger partial charge in [0.05, 0.1) is 0 Å². The number of aliphatic hydroxyl groups excluding tert-OH is 1. The van der Waals surface area contributed by atoms with E-state index in [2.05, 4.69) is 5.32 Å². The Morgan fingerprint density at radius 1 is 2.00 bits per heavy atom. The molecule has 2 N–H and O–H groups in total. The first-order valence-electron chi connectivity index (χ1n) is 2.01. The molecule has 0 aromatic carbocycles. The van der Waals surface area contributed by atoms with Crippen LogP contribution in [0.15, 0.2) is 0 Å². The minimum absolute atomic E-state index is 0.674. The Labute approximate surface area is 46.7 Å². The number of amides is 1. The SMILES string of the molecule is CNC(=O)C(O)C#N. The second-order valence-corrected chi connectivity index (χ2v) is 1.15. The van der Waals surface area contributed by atoms with Crippen LogP contribution in [0.25, 0.3) is 0 Å². The molecule has 4 nitrogen and oxygen atoms in total. The summed E-state index contributed by atoms with van der Waals surface area (Å²) in [7, 11) is 1.35. The summed E-state index contributed by atoms with van der Waals surface area (Å²) in [5.74, 6) is -0.674.